The van der Waals surface area contributed by atoms with Gasteiger partial charge in [0.1, 0.15) is 23.9 Å². The fraction of sp³-hybridized carbons (Fsp3) is 0.318. The molecule has 2 aliphatic heterocycles. The molecule has 0 aliphatic carbocycles. The number of benzene rings is 2. The molecule has 4 heteroatoms. The van der Waals surface area contributed by atoms with Crippen LogP contribution in [0.4, 0.5) is 0 Å². The van der Waals surface area contributed by atoms with E-state index in [-0.39, 0.29) is 5.78 Å². The van der Waals surface area contributed by atoms with Gasteiger partial charge >= 0.3 is 0 Å². The molecule has 2 aromatic rings. The fourth-order valence-electron chi connectivity index (χ4n) is 3.82. The molecule has 1 unspecified atom stereocenters. The largest absolute Gasteiger partial charge is 0.493 e. The molecule has 0 fully saturated rings. The first kappa shape index (κ1) is 16.7. The van der Waals surface area contributed by atoms with E-state index < -0.39 is 6.10 Å². The van der Waals surface area contributed by atoms with Crippen LogP contribution in [0, 0.1) is 6.92 Å². The first-order valence-corrected chi connectivity index (χ1v) is 8.96. The fourth-order valence-corrected chi connectivity index (χ4v) is 3.82. The van der Waals surface area contributed by atoms with Crippen LogP contribution in [0.15, 0.2) is 35.9 Å². The predicted molar refractivity (Wildman–Crippen MR) is 100 cm³/mol. The molecule has 0 saturated heterocycles. The molecule has 0 aromatic heterocycles. The molecular weight excluding hydrogens is 328 g/mol. The Hall–Kier alpha value is -2.75. The summed E-state index contributed by atoms with van der Waals surface area (Å²) >= 11 is 0. The van der Waals surface area contributed by atoms with Gasteiger partial charge in [-0.15, -0.1) is 0 Å². The highest BCUT2D eigenvalue weighted by atomic mass is 16.5. The molecule has 0 spiro atoms. The van der Waals surface area contributed by atoms with Gasteiger partial charge < -0.3 is 14.2 Å². The zero-order valence-corrected chi connectivity index (χ0v) is 15.5. The normalized spacial score (nSPS) is 18.2. The molecule has 1 atom stereocenters. The summed E-state index contributed by atoms with van der Waals surface area (Å²) in [7, 11) is 0. The number of ether oxygens (including phenoxy) is 3. The minimum atomic E-state index is -0.447. The number of ketones is 1. The van der Waals surface area contributed by atoms with Crippen LogP contribution in [0.2, 0.25) is 0 Å². The van der Waals surface area contributed by atoms with Crippen molar-refractivity contribution in [3.8, 4) is 17.2 Å². The van der Waals surface area contributed by atoms with Crippen molar-refractivity contribution in [2.45, 2.75) is 33.8 Å². The Kier molecular flexibility index (Phi) is 3.98. The Morgan fingerprint density at radius 2 is 1.92 bits per heavy atom. The maximum Gasteiger partial charge on any atom is 0.207 e. The quantitative estimate of drug-likeness (QED) is 0.813. The van der Waals surface area contributed by atoms with Crippen molar-refractivity contribution >= 4 is 11.4 Å². The summed E-state index contributed by atoms with van der Waals surface area (Å²) in [6, 6.07) is 9.88. The third kappa shape index (κ3) is 2.40. The summed E-state index contributed by atoms with van der Waals surface area (Å²) in [6.45, 7) is 8.90. The van der Waals surface area contributed by atoms with E-state index in [9.17, 15) is 4.79 Å². The molecular formula is C22H22O4. The molecule has 0 radical (unpaired) electrons. The van der Waals surface area contributed by atoms with Gasteiger partial charge in [-0.2, -0.15) is 0 Å². The van der Waals surface area contributed by atoms with Gasteiger partial charge in [0, 0.05) is 17.2 Å². The molecule has 2 aromatic carbocycles. The van der Waals surface area contributed by atoms with Gasteiger partial charge in [-0.05, 0) is 50.5 Å². The molecule has 0 saturated carbocycles. The average Bonchev–Trinajstić information content (AvgIpc) is 2.91. The highest BCUT2D eigenvalue weighted by Gasteiger charge is 2.35. The third-order valence-corrected chi connectivity index (χ3v) is 5.00. The Labute approximate surface area is 153 Å². The standard InChI is InChI=1S/C22H22O4/c1-5-24-16-9-7-6-8-15(16)19-12(2)11-25-17-10-18-21(13(3)20(17)19)22(23)14(4)26-18/h6-10,14H,5,11H2,1-4H3. The summed E-state index contributed by atoms with van der Waals surface area (Å²) < 4.78 is 17.6. The highest BCUT2D eigenvalue weighted by Crippen LogP contribution is 2.47. The van der Waals surface area contributed by atoms with Crippen LogP contribution < -0.4 is 14.2 Å². The second kappa shape index (κ2) is 6.20. The smallest absolute Gasteiger partial charge is 0.207 e. The molecule has 0 N–H and O–H groups in total. The van der Waals surface area contributed by atoms with Gasteiger partial charge in [0.25, 0.3) is 0 Å². The number of fused-ring (bicyclic) bond motifs is 2. The van der Waals surface area contributed by atoms with Crippen LogP contribution in [0.5, 0.6) is 17.2 Å². The van der Waals surface area contributed by atoms with Crippen molar-refractivity contribution in [2.75, 3.05) is 13.2 Å². The van der Waals surface area contributed by atoms with E-state index in [2.05, 4.69) is 13.0 Å². The van der Waals surface area contributed by atoms with E-state index in [1.165, 1.54) is 0 Å². The highest BCUT2D eigenvalue weighted by molar-refractivity contribution is 6.07. The average molecular weight is 350 g/mol. The number of carbonyl (C=O) groups is 1. The van der Waals surface area contributed by atoms with Crippen molar-refractivity contribution in [1.82, 2.24) is 0 Å². The van der Waals surface area contributed by atoms with Crippen molar-refractivity contribution < 1.29 is 19.0 Å². The van der Waals surface area contributed by atoms with Gasteiger partial charge in [0.05, 0.1) is 12.2 Å². The topological polar surface area (TPSA) is 44.8 Å². The summed E-state index contributed by atoms with van der Waals surface area (Å²) in [5.74, 6) is 2.25. The summed E-state index contributed by atoms with van der Waals surface area (Å²) in [6.07, 6.45) is -0.447. The lowest BCUT2D eigenvalue weighted by atomic mass is 9.85. The molecule has 2 heterocycles. The summed E-state index contributed by atoms with van der Waals surface area (Å²) in [5.41, 5.74) is 5.77. The van der Waals surface area contributed by atoms with Gasteiger partial charge in [-0.3, -0.25) is 4.79 Å². The monoisotopic (exact) mass is 350 g/mol. The third-order valence-electron chi connectivity index (χ3n) is 5.00. The minimum Gasteiger partial charge on any atom is -0.493 e. The number of carbonyl (C=O) groups excluding carboxylic acids is 1. The van der Waals surface area contributed by atoms with E-state index in [0.717, 1.165) is 39.3 Å². The van der Waals surface area contributed by atoms with Crippen LogP contribution >= 0.6 is 0 Å². The van der Waals surface area contributed by atoms with Crippen molar-refractivity contribution in [3.05, 3.63) is 58.2 Å². The molecule has 4 rings (SSSR count). The molecule has 2 aliphatic rings. The van der Waals surface area contributed by atoms with Crippen molar-refractivity contribution in [2.24, 2.45) is 0 Å². The molecule has 26 heavy (non-hydrogen) atoms. The zero-order chi connectivity index (χ0) is 18.4. The first-order valence-electron chi connectivity index (χ1n) is 8.96. The Morgan fingerprint density at radius 3 is 2.69 bits per heavy atom. The van der Waals surface area contributed by atoms with E-state index in [4.69, 9.17) is 14.2 Å². The lowest BCUT2D eigenvalue weighted by Crippen LogP contribution is -2.16. The van der Waals surface area contributed by atoms with Crippen LogP contribution in [0.3, 0.4) is 0 Å². The summed E-state index contributed by atoms with van der Waals surface area (Å²) in [4.78, 5) is 12.6. The van der Waals surface area contributed by atoms with E-state index >= 15 is 0 Å². The lowest BCUT2D eigenvalue weighted by Gasteiger charge is -2.26. The zero-order valence-electron chi connectivity index (χ0n) is 15.5. The van der Waals surface area contributed by atoms with Crippen LogP contribution in [-0.2, 0) is 0 Å². The van der Waals surface area contributed by atoms with Crippen LogP contribution in [0.25, 0.3) is 5.57 Å². The maximum absolute atomic E-state index is 12.6. The first-order chi connectivity index (χ1) is 12.5. The molecule has 4 nitrogen and oxygen atoms in total. The molecule has 0 amide bonds. The Morgan fingerprint density at radius 1 is 1.15 bits per heavy atom. The number of para-hydroxylation sites is 1. The van der Waals surface area contributed by atoms with Gasteiger partial charge in [0.15, 0.2) is 6.10 Å². The summed E-state index contributed by atoms with van der Waals surface area (Å²) in [5, 5.41) is 0. The van der Waals surface area contributed by atoms with Gasteiger partial charge in [-0.25, -0.2) is 0 Å². The number of hydrogen-bond donors (Lipinski definition) is 0. The second-order valence-corrected chi connectivity index (χ2v) is 6.75. The second-order valence-electron chi connectivity index (χ2n) is 6.75. The van der Waals surface area contributed by atoms with Crippen molar-refractivity contribution in [1.29, 1.82) is 0 Å². The Balaban J connectivity index is 1.97. The lowest BCUT2D eigenvalue weighted by molar-refractivity contribution is 0.0878. The number of hydrogen-bond acceptors (Lipinski definition) is 4. The van der Waals surface area contributed by atoms with E-state index in [0.29, 0.717) is 24.5 Å². The van der Waals surface area contributed by atoms with Crippen molar-refractivity contribution in [3.63, 3.8) is 0 Å². The number of Topliss-reactive ketones (excluding diaryl/α,β-unsaturated/α-hetero) is 1. The van der Waals surface area contributed by atoms with Crippen LogP contribution in [-0.4, -0.2) is 25.1 Å². The predicted octanol–water partition coefficient (Wildman–Crippen LogP) is 4.57. The molecule has 134 valence electrons. The van der Waals surface area contributed by atoms with E-state index in [1.54, 1.807) is 6.92 Å². The minimum absolute atomic E-state index is 0.0287. The Bertz CT molecular complexity index is 939. The number of rotatable bonds is 3. The van der Waals surface area contributed by atoms with Gasteiger partial charge in [0.2, 0.25) is 5.78 Å². The van der Waals surface area contributed by atoms with Gasteiger partial charge in [-0.1, -0.05) is 18.2 Å². The SMILES string of the molecule is CCOc1ccccc1C1=C(C)COc2cc3c(c(C)c21)C(=O)C(C)O3. The maximum atomic E-state index is 12.6. The van der Waals surface area contributed by atoms with Crippen LogP contribution in [0.1, 0.15) is 47.8 Å². The van der Waals surface area contributed by atoms with E-state index in [1.807, 2.05) is 38.1 Å². The molecule has 0 bridgehead atoms.